The number of aromatic hydroxyl groups is 1. The summed E-state index contributed by atoms with van der Waals surface area (Å²) in [5.41, 5.74) is 3.17. The van der Waals surface area contributed by atoms with Gasteiger partial charge in [-0.05, 0) is 67.1 Å². The number of methoxy groups -OCH3 is 1. The zero-order valence-corrected chi connectivity index (χ0v) is 19.5. The van der Waals surface area contributed by atoms with Crippen LogP contribution in [0.25, 0.3) is 22.2 Å². The Bertz CT molecular complexity index is 1580. The van der Waals surface area contributed by atoms with Gasteiger partial charge in [0, 0.05) is 16.6 Å². The molecule has 2 aromatic heterocycles. The number of aromatic amines is 1. The average molecular weight is 482 g/mol. The average Bonchev–Trinajstić information content (AvgIpc) is 3.50. The molecule has 0 saturated heterocycles. The molecule has 36 heavy (non-hydrogen) atoms. The summed E-state index contributed by atoms with van der Waals surface area (Å²) in [7, 11) is 1.56. The number of nitrogens with one attached hydrogen (secondary N) is 3. The van der Waals surface area contributed by atoms with Gasteiger partial charge in [-0.1, -0.05) is 18.2 Å². The van der Waals surface area contributed by atoms with Gasteiger partial charge in [0.2, 0.25) is 5.76 Å². The minimum absolute atomic E-state index is 0.0451. The number of nitrogens with zero attached hydrogens (tertiary/aromatic N) is 1. The van der Waals surface area contributed by atoms with E-state index < -0.39 is 11.8 Å². The summed E-state index contributed by atoms with van der Waals surface area (Å²) in [6, 6.07) is 20.6. The molecule has 0 aliphatic rings. The number of furan rings is 1. The normalized spacial score (nSPS) is 10.8. The van der Waals surface area contributed by atoms with Gasteiger partial charge in [-0.2, -0.15) is 5.10 Å². The van der Waals surface area contributed by atoms with E-state index in [0.29, 0.717) is 33.7 Å². The number of phenols is 1. The zero-order chi connectivity index (χ0) is 25.2. The highest BCUT2D eigenvalue weighted by Crippen LogP contribution is 2.33. The number of benzene rings is 3. The van der Waals surface area contributed by atoms with Crippen LogP contribution in [-0.4, -0.2) is 34.2 Å². The van der Waals surface area contributed by atoms with Gasteiger partial charge in [-0.25, -0.2) is 0 Å². The first-order chi connectivity index (χ1) is 17.4. The van der Waals surface area contributed by atoms with Crippen LogP contribution in [0.4, 0.5) is 11.4 Å². The summed E-state index contributed by atoms with van der Waals surface area (Å²) in [5, 5.41) is 23.2. The molecule has 0 aliphatic heterocycles. The van der Waals surface area contributed by atoms with E-state index in [0.717, 1.165) is 5.56 Å². The highest BCUT2D eigenvalue weighted by atomic mass is 16.5. The topological polar surface area (TPSA) is 129 Å². The minimum Gasteiger partial charge on any atom is -0.507 e. The van der Waals surface area contributed by atoms with Gasteiger partial charge >= 0.3 is 0 Å². The summed E-state index contributed by atoms with van der Waals surface area (Å²) < 4.78 is 11.0. The third-order valence-electron chi connectivity index (χ3n) is 5.64. The third-order valence-corrected chi connectivity index (χ3v) is 5.64. The number of carbonyl (C=O) groups excluding carboxylic acids is 2. The van der Waals surface area contributed by atoms with Crippen molar-refractivity contribution in [2.45, 2.75) is 6.92 Å². The maximum Gasteiger partial charge on any atom is 0.293 e. The number of carbonyl (C=O) groups is 2. The lowest BCUT2D eigenvalue weighted by Gasteiger charge is -2.07. The molecule has 180 valence electrons. The monoisotopic (exact) mass is 482 g/mol. The number of rotatable bonds is 6. The van der Waals surface area contributed by atoms with Crippen LogP contribution in [0.1, 0.15) is 26.6 Å². The van der Waals surface area contributed by atoms with Gasteiger partial charge in [-0.3, -0.25) is 14.7 Å². The van der Waals surface area contributed by atoms with Crippen molar-refractivity contribution in [3.63, 3.8) is 0 Å². The van der Waals surface area contributed by atoms with Gasteiger partial charge in [0.05, 0.1) is 12.8 Å². The Kier molecular flexibility index (Phi) is 5.87. The van der Waals surface area contributed by atoms with Crippen molar-refractivity contribution < 1.29 is 23.8 Å². The first-order valence-electron chi connectivity index (χ1n) is 11.1. The van der Waals surface area contributed by atoms with Crippen molar-refractivity contribution in [3.05, 3.63) is 89.8 Å². The number of fused-ring (bicyclic) bond motifs is 1. The number of H-pyrrole nitrogens is 1. The van der Waals surface area contributed by atoms with Crippen molar-refractivity contribution in [2.75, 3.05) is 17.7 Å². The Morgan fingerprint density at radius 1 is 0.972 bits per heavy atom. The summed E-state index contributed by atoms with van der Waals surface area (Å²) in [4.78, 5) is 26.2. The largest absolute Gasteiger partial charge is 0.507 e. The quantitative estimate of drug-likeness (QED) is 0.258. The number of anilines is 2. The van der Waals surface area contributed by atoms with Gasteiger partial charge < -0.3 is 24.9 Å². The molecule has 2 amide bonds. The second kappa shape index (κ2) is 9.30. The van der Waals surface area contributed by atoms with Crippen LogP contribution in [0.5, 0.6) is 11.5 Å². The molecule has 0 spiro atoms. The molecule has 9 heteroatoms. The lowest BCUT2D eigenvalue weighted by Crippen LogP contribution is -2.17. The maximum absolute atomic E-state index is 13.1. The zero-order valence-electron chi connectivity index (χ0n) is 19.5. The van der Waals surface area contributed by atoms with Gasteiger partial charge in [-0.15, -0.1) is 0 Å². The van der Waals surface area contributed by atoms with Crippen LogP contribution in [0.15, 0.2) is 77.2 Å². The fraction of sp³-hybridized carbons (Fsp3) is 0.0741. The molecule has 0 radical (unpaired) electrons. The molecule has 0 atom stereocenters. The van der Waals surface area contributed by atoms with E-state index in [2.05, 4.69) is 20.8 Å². The van der Waals surface area contributed by atoms with E-state index in [9.17, 15) is 14.7 Å². The number of phenolic OH excluding ortho intramolecular Hbond substituents is 1. The van der Waals surface area contributed by atoms with E-state index in [4.69, 9.17) is 9.15 Å². The maximum atomic E-state index is 13.1. The van der Waals surface area contributed by atoms with Crippen molar-refractivity contribution in [2.24, 2.45) is 0 Å². The number of amides is 2. The van der Waals surface area contributed by atoms with Crippen LogP contribution in [0.3, 0.4) is 0 Å². The van der Waals surface area contributed by atoms with Gasteiger partial charge in [0.25, 0.3) is 11.8 Å². The van der Waals surface area contributed by atoms with Crippen molar-refractivity contribution in [1.82, 2.24) is 10.2 Å². The molecule has 5 rings (SSSR count). The number of hydrogen-bond acceptors (Lipinski definition) is 6. The molecule has 0 unspecified atom stereocenters. The highest BCUT2D eigenvalue weighted by Gasteiger charge is 2.24. The number of hydrogen-bond donors (Lipinski definition) is 4. The fourth-order valence-electron chi connectivity index (χ4n) is 3.81. The number of aryl methyl sites for hydroxylation is 1. The smallest absolute Gasteiger partial charge is 0.293 e. The van der Waals surface area contributed by atoms with Crippen LogP contribution in [0.2, 0.25) is 0 Å². The van der Waals surface area contributed by atoms with Crippen LogP contribution in [-0.2, 0) is 0 Å². The van der Waals surface area contributed by atoms with E-state index in [1.54, 1.807) is 67.8 Å². The molecular weight excluding hydrogens is 460 g/mol. The standard InChI is InChI=1S/C27H22N4O5/c1-15-7-12-18(22(32)13-15)20-14-21(31-30-20)26(33)29-24-19-5-3-4-6-23(19)36-25(24)27(34)28-16-8-10-17(35-2)11-9-16/h3-14,32H,1-2H3,(H,28,34)(H,29,33)(H,30,31). The second-order valence-electron chi connectivity index (χ2n) is 8.13. The van der Waals surface area contributed by atoms with Crippen molar-refractivity contribution in [3.8, 4) is 22.8 Å². The minimum atomic E-state index is -0.526. The van der Waals surface area contributed by atoms with Crippen molar-refractivity contribution in [1.29, 1.82) is 0 Å². The van der Waals surface area contributed by atoms with Gasteiger partial charge in [0.15, 0.2) is 0 Å². The number of ether oxygens (including phenoxy) is 1. The molecule has 0 fully saturated rings. The van der Waals surface area contributed by atoms with Crippen LogP contribution in [0, 0.1) is 6.92 Å². The molecule has 0 bridgehead atoms. The molecule has 0 aliphatic carbocycles. The first kappa shape index (κ1) is 22.7. The Balaban J connectivity index is 1.43. The highest BCUT2D eigenvalue weighted by molar-refractivity contribution is 6.16. The summed E-state index contributed by atoms with van der Waals surface area (Å²) in [6.07, 6.45) is 0. The predicted octanol–water partition coefficient (Wildman–Crippen LogP) is 5.35. The van der Waals surface area contributed by atoms with Gasteiger partial charge in [0.1, 0.15) is 28.5 Å². The Labute approximate surface area is 205 Å². The summed E-state index contributed by atoms with van der Waals surface area (Å²) in [6.45, 7) is 1.87. The second-order valence-corrected chi connectivity index (χ2v) is 8.13. The van der Waals surface area contributed by atoms with Crippen LogP contribution < -0.4 is 15.4 Å². The molecule has 0 saturated carbocycles. The SMILES string of the molecule is COc1ccc(NC(=O)c2oc3ccccc3c2NC(=O)c2cc(-c3ccc(C)cc3O)n[nH]2)cc1. The fourth-order valence-corrected chi connectivity index (χ4v) is 3.81. The molecule has 4 N–H and O–H groups in total. The summed E-state index contributed by atoms with van der Waals surface area (Å²) in [5.74, 6) is -0.377. The molecular formula is C27H22N4O5. The molecule has 9 nitrogen and oxygen atoms in total. The number of para-hydroxylation sites is 1. The lowest BCUT2D eigenvalue weighted by atomic mass is 10.1. The molecule has 3 aromatic carbocycles. The van der Waals surface area contributed by atoms with Crippen molar-refractivity contribution >= 4 is 34.2 Å². The van der Waals surface area contributed by atoms with E-state index in [-0.39, 0.29) is 22.9 Å². The van der Waals surface area contributed by atoms with Crippen LogP contribution >= 0.6 is 0 Å². The predicted molar refractivity (Wildman–Crippen MR) is 136 cm³/mol. The third kappa shape index (κ3) is 4.37. The molecule has 2 heterocycles. The van der Waals surface area contributed by atoms with E-state index in [1.807, 2.05) is 13.0 Å². The summed E-state index contributed by atoms with van der Waals surface area (Å²) >= 11 is 0. The number of aromatic nitrogens is 2. The van der Waals surface area contributed by atoms with E-state index >= 15 is 0 Å². The Morgan fingerprint density at radius 3 is 2.50 bits per heavy atom. The Morgan fingerprint density at radius 2 is 1.75 bits per heavy atom. The van der Waals surface area contributed by atoms with E-state index in [1.165, 1.54) is 6.07 Å². The first-order valence-corrected chi connectivity index (χ1v) is 11.1. The molecule has 5 aromatic rings. The lowest BCUT2D eigenvalue weighted by molar-refractivity contribution is 0.0999. The Hall–Kier alpha value is -5.05.